The Bertz CT molecular complexity index is 1130. The highest BCUT2D eigenvalue weighted by Crippen LogP contribution is 2.42. The molecule has 3 fully saturated rings. The molecule has 2 aliphatic heterocycles. The second-order valence-electron chi connectivity index (χ2n) is 10.8. The topological polar surface area (TPSA) is 104 Å². The zero-order valence-electron chi connectivity index (χ0n) is 21.8. The van der Waals surface area contributed by atoms with Gasteiger partial charge < -0.3 is 14.7 Å². The van der Waals surface area contributed by atoms with Gasteiger partial charge in [-0.05, 0) is 70.2 Å². The molecule has 0 aromatic heterocycles. The van der Waals surface area contributed by atoms with E-state index in [4.69, 9.17) is 9.29 Å². The predicted molar refractivity (Wildman–Crippen MR) is 142 cm³/mol. The normalized spacial score (nSPS) is 26.0. The zero-order chi connectivity index (χ0) is 26.6. The molecule has 1 aliphatic carbocycles. The van der Waals surface area contributed by atoms with Gasteiger partial charge in [-0.15, -0.1) is 0 Å². The van der Waals surface area contributed by atoms with Gasteiger partial charge >= 0.3 is 5.97 Å². The Hall–Kier alpha value is -2.26. The summed E-state index contributed by atoms with van der Waals surface area (Å²) in [5, 5.41) is 11.6. The van der Waals surface area contributed by atoms with Crippen LogP contribution in [0.3, 0.4) is 0 Å². The number of carbonyl (C=O) groups is 1. The van der Waals surface area contributed by atoms with Gasteiger partial charge in [-0.3, -0.25) is 4.55 Å². The van der Waals surface area contributed by atoms with Crippen molar-refractivity contribution in [3.8, 4) is 0 Å². The summed E-state index contributed by atoms with van der Waals surface area (Å²) in [6.45, 7) is 1.84. The Morgan fingerprint density at radius 2 is 1.49 bits per heavy atom. The van der Waals surface area contributed by atoms with Gasteiger partial charge in [0.25, 0.3) is 10.1 Å². The summed E-state index contributed by atoms with van der Waals surface area (Å²) >= 11 is 0. The number of aliphatic hydroxyl groups is 1. The van der Waals surface area contributed by atoms with Gasteiger partial charge in [0.15, 0.2) is 5.60 Å². The Balaban J connectivity index is 0.000000245. The first-order valence-electron chi connectivity index (χ1n) is 13.3. The van der Waals surface area contributed by atoms with Crippen molar-refractivity contribution in [1.82, 2.24) is 4.90 Å². The van der Waals surface area contributed by atoms with E-state index in [1.165, 1.54) is 31.4 Å². The lowest BCUT2D eigenvalue weighted by atomic mass is 9.79. The van der Waals surface area contributed by atoms with Gasteiger partial charge in [0.1, 0.15) is 6.10 Å². The lowest BCUT2D eigenvalue weighted by molar-refractivity contribution is -0.184. The maximum Gasteiger partial charge on any atom is 0.343 e. The summed E-state index contributed by atoms with van der Waals surface area (Å²) in [5.41, 5.74) is 0.137. The van der Waals surface area contributed by atoms with E-state index in [9.17, 15) is 18.3 Å². The van der Waals surface area contributed by atoms with Crippen molar-refractivity contribution in [3.05, 3.63) is 65.7 Å². The molecule has 3 aliphatic rings. The zero-order valence-corrected chi connectivity index (χ0v) is 22.6. The van der Waals surface area contributed by atoms with Crippen LogP contribution in [0, 0.1) is 12.8 Å². The predicted octanol–water partition coefficient (Wildman–Crippen LogP) is 4.86. The number of nitrogens with zero attached hydrogens (tertiary/aromatic N) is 1. The molecule has 37 heavy (non-hydrogen) atoms. The highest BCUT2D eigenvalue weighted by molar-refractivity contribution is 7.85. The quantitative estimate of drug-likeness (QED) is 0.421. The van der Waals surface area contributed by atoms with Gasteiger partial charge in [0.2, 0.25) is 0 Å². The highest BCUT2D eigenvalue weighted by Gasteiger charge is 2.49. The maximum absolute atomic E-state index is 13.2. The van der Waals surface area contributed by atoms with Crippen molar-refractivity contribution in [2.75, 3.05) is 7.05 Å². The fourth-order valence-electron chi connectivity index (χ4n) is 6.17. The van der Waals surface area contributed by atoms with Crippen LogP contribution in [0.1, 0.15) is 68.9 Å². The van der Waals surface area contributed by atoms with Crippen LogP contribution in [0.2, 0.25) is 0 Å². The third kappa shape index (κ3) is 6.42. The van der Waals surface area contributed by atoms with Gasteiger partial charge in [0.05, 0.1) is 4.90 Å². The molecule has 2 bridgehead atoms. The number of piperidine rings is 2. The monoisotopic (exact) mass is 529 g/mol. The maximum atomic E-state index is 13.2. The average molecular weight is 530 g/mol. The molecule has 2 N–H and O–H groups in total. The molecule has 1 saturated carbocycles. The molecular weight excluding hydrogens is 490 g/mol. The first-order chi connectivity index (χ1) is 17.6. The lowest BCUT2D eigenvalue weighted by Crippen LogP contribution is -2.53. The number of aryl methyl sites for hydroxylation is 1. The molecule has 2 heterocycles. The summed E-state index contributed by atoms with van der Waals surface area (Å²) < 4.78 is 35.5. The van der Waals surface area contributed by atoms with Crippen LogP contribution in [0.4, 0.5) is 0 Å². The summed E-state index contributed by atoms with van der Waals surface area (Å²) in [5.74, 6) is -0.466. The van der Waals surface area contributed by atoms with Crippen LogP contribution in [0.5, 0.6) is 0 Å². The van der Waals surface area contributed by atoms with Gasteiger partial charge in [-0.25, -0.2) is 4.79 Å². The second kappa shape index (κ2) is 11.6. The van der Waals surface area contributed by atoms with Crippen LogP contribution in [-0.2, 0) is 25.3 Å². The van der Waals surface area contributed by atoms with E-state index in [0.717, 1.165) is 44.1 Å². The van der Waals surface area contributed by atoms with E-state index in [0.29, 0.717) is 17.6 Å². The molecule has 202 valence electrons. The number of hydrogen-bond acceptors (Lipinski definition) is 6. The largest absolute Gasteiger partial charge is 0.460 e. The van der Waals surface area contributed by atoms with Gasteiger partial charge in [-0.2, -0.15) is 8.42 Å². The number of carbonyl (C=O) groups excluding carboxylic acids is 1. The van der Waals surface area contributed by atoms with E-state index in [2.05, 4.69) is 11.9 Å². The third-order valence-corrected chi connectivity index (χ3v) is 9.23. The Morgan fingerprint density at radius 1 is 0.919 bits per heavy atom. The van der Waals surface area contributed by atoms with Crippen LogP contribution in [-0.4, -0.2) is 54.2 Å². The van der Waals surface area contributed by atoms with E-state index >= 15 is 0 Å². The smallest absolute Gasteiger partial charge is 0.343 e. The summed E-state index contributed by atoms with van der Waals surface area (Å²) in [6, 6.07) is 16.4. The first kappa shape index (κ1) is 27.8. The summed E-state index contributed by atoms with van der Waals surface area (Å²) in [4.78, 5) is 15.6. The molecule has 3 atom stereocenters. The molecule has 0 radical (unpaired) electrons. The molecule has 2 saturated heterocycles. The molecule has 0 spiro atoms. The minimum atomic E-state index is -4.02. The Labute approximate surface area is 220 Å². The van der Waals surface area contributed by atoms with E-state index in [1.807, 2.05) is 37.3 Å². The van der Waals surface area contributed by atoms with Crippen molar-refractivity contribution in [2.24, 2.45) is 5.92 Å². The molecule has 7 nitrogen and oxygen atoms in total. The third-order valence-electron chi connectivity index (χ3n) is 8.36. The molecule has 8 heteroatoms. The number of hydrogen-bond donors (Lipinski definition) is 2. The number of fused-ring (bicyclic) bond motifs is 2. The molecule has 3 unspecified atom stereocenters. The highest BCUT2D eigenvalue weighted by atomic mass is 32.2. The second-order valence-corrected chi connectivity index (χ2v) is 12.2. The van der Waals surface area contributed by atoms with Crippen molar-refractivity contribution >= 4 is 16.1 Å². The minimum absolute atomic E-state index is 0.0387. The number of esters is 1. The van der Waals surface area contributed by atoms with Crippen molar-refractivity contribution in [3.63, 3.8) is 0 Å². The van der Waals surface area contributed by atoms with E-state index in [-0.39, 0.29) is 16.9 Å². The molecular formula is C29H39NO6S. The number of ether oxygens (including phenoxy) is 1. The van der Waals surface area contributed by atoms with Crippen LogP contribution >= 0.6 is 0 Å². The molecule has 2 aromatic carbocycles. The Kier molecular flexibility index (Phi) is 8.74. The van der Waals surface area contributed by atoms with Crippen LogP contribution in [0.25, 0.3) is 0 Å². The van der Waals surface area contributed by atoms with Crippen molar-refractivity contribution in [2.45, 2.75) is 93.4 Å². The average Bonchev–Trinajstić information content (AvgIpc) is 3.40. The van der Waals surface area contributed by atoms with Gasteiger partial charge in [-0.1, -0.05) is 67.3 Å². The SMILES string of the molecule is CN1C2CCCC1CC(OC(=O)C(O)(c1ccccc1)C1CCCC1)C2.Cc1ccc(S(=O)(=O)O)cc1. The first-order valence-corrected chi connectivity index (χ1v) is 14.8. The fourth-order valence-corrected chi connectivity index (χ4v) is 6.65. The van der Waals surface area contributed by atoms with Crippen LogP contribution in [0.15, 0.2) is 59.5 Å². The molecule has 2 aromatic rings. The van der Waals surface area contributed by atoms with E-state index in [1.54, 1.807) is 12.1 Å². The van der Waals surface area contributed by atoms with Crippen molar-refractivity contribution in [1.29, 1.82) is 0 Å². The standard InChI is InChI=1S/C22H31NO3.C7H8O3S/c1-23-18-12-7-13-19(23)15-20(14-18)26-21(24)22(25,17-10-5-6-11-17)16-8-3-2-4-9-16;1-6-2-4-7(5-3-6)11(8,9)10/h2-4,8-9,17-20,25H,5-7,10-15H2,1H3;2-5H,1H3,(H,8,9,10). The number of rotatable bonds is 5. The molecule has 5 rings (SSSR count). The lowest BCUT2D eigenvalue weighted by Gasteiger charge is -2.47. The van der Waals surface area contributed by atoms with Gasteiger partial charge in [0, 0.05) is 18.0 Å². The fraction of sp³-hybridized carbons (Fsp3) is 0.552. The minimum Gasteiger partial charge on any atom is -0.460 e. The van der Waals surface area contributed by atoms with Crippen LogP contribution < -0.4 is 0 Å². The summed E-state index contributed by atoms with van der Waals surface area (Å²) in [7, 11) is -1.82. The Morgan fingerprint density at radius 3 is 2.03 bits per heavy atom. The van der Waals surface area contributed by atoms with E-state index < -0.39 is 21.7 Å². The molecule has 0 amide bonds. The van der Waals surface area contributed by atoms with Crippen molar-refractivity contribution < 1.29 is 27.6 Å². The summed E-state index contributed by atoms with van der Waals surface area (Å²) in [6.07, 6.45) is 9.30. The number of benzene rings is 2.